The lowest BCUT2D eigenvalue weighted by Gasteiger charge is -2.30. The van der Waals surface area contributed by atoms with Crippen LogP contribution in [0.3, 0.4) is 0 Å². The molecule has 768 valence electrons. The van der Waals surface area contributed by atoms with Crippen LogP contribution in [-0.2, 0) is 9.59 Å². The van der Waals surface area contributed by atoms with E-state index in [0.717, 1.165) is 566 Å². The summed E-state index contributed by atoms with van der Waals surface area (Å²) in [6, 6.07) is 0. The van der Waals surface area contributed by atoms with E-state index in [9.17, 15) is 9.59 Å². The Morgan fingerprint density at radius 2 is 0.242 bits per heavy atom. The van der Waals surface area contributed by atoms with Crippen LogP contribution < -0.4 is 91.7 Å². The van der Waals surface area contributed by atoms with Gasteiger partial charge in [-0.25, -0.2) is 4.79 Å². The van der Waals surface area contributed by atoms with E-state index >= 15 is 0 Å². The van der Waals surface area contributed by atoms with Gasteiger partial charge in [0.1, 0.15) is 0 Å². The smallest absolute Gasteiger partial charge is 0.335 e. The summed E-state index contributed by atoms with van der Waals surface area (Å²) >= 11 is 0. The van der Waals surface area contributed by atoms with E-state index in [1.54, 1.807) is 0 Å². The third kappa shape index (κ3) is 80.9. The highest BCUT2D eigenvalue weighted by Crippen LogP contribution is 2.14. The van der Waals surface area contributed by atoms with Gasteiger partial charge in [0, 0.05) is 0 Å². The summed E-state index contributed by atoms with van der Waals surface area (Å²) in [6.07, 6.45) is 31.6. The molecule has 0 aliphatic heterocycles. The van der Waals surface area contributed by atoms with Crippen molar-refractivity contribution in [3.63, 3.8) is 0 Å². The lowest BCUT2D eigenvalue weighted by atomic mass is 10.0. The molecule has 35 nitrogen and oxygen atoms in total. The maximum Gasteiger partial charge on any atom is 0.335 e. The molecule has 0 aliphatic rings. The van der Waals surface area contributed by atoms with Crippen molar-refractivity contribution in [2.75, 3.05) is 380 Å². The van der Waals surface area contributed by atoms with Crippen molar-refractivity contribution in [1.82, 2.24) is 68.6 Å². The number of aliphatic carboxylic acids is 2. The molecule has 128 heavy (non-hydrogen) atoms. The fourth-order valence-corrected chi connectivity index (χ4v) is 17.0. The SMILES string of the molecule is CC(O)(CC(=O)O)C(=O)O.NCCCN(CCCN)CCCN(CCCN(CCCN)CCCN)CCCN(CCCCN(CCCN(CCCN(CCCN)CCCN)CCCN(CCCN)CCCN)CCCN(CCCN(CCCN)CCCN)CCCN(CCCN)CCCN)CCCN(CCCN(CCCN)CCCN)CCCN(CCCN)CCCN. The Morgan fingerprint density at radius 1 is 0.164 bits per heavy atom. The zero-order valence-electron chi connectivity index (χ0n) is 83.1. The summed E-state index contributed by atoms with van der Waals surface area (Å²) in [7, 11) is 0. The summed E-state index contributed by atoms with van der Waals surface area (Å²) in [5, 5.41) is 25.0. The number of carboxylic acid groups (broad SMARTS) is 2. The van der Waals surface area contributed by atoms with E-state index in [4.69, 9.17) is 107 Å². The van der Waals surface area contributed by atoms with Crippen LogP contribution in [0, 0.1) is 0 Å². The standard InChI is InChI=1S/C88H208N30.C5H8O5/c89-31-3-49-107(50-4-32-90)69-23-81-115(82-24-70-108(51-5-33-91)52-6-34-92)77-19-65-105(66-20-78-116(83-25-71-109(53-7-35-93)54-8-36-94)84-26-72-110(55-9-37-95)56-10-38-96)47-1-2-48-106(67-21-79-117(85-27-73-111(57-11-39-97)58-12-40-98)86-28-74-112(59-13-41-99)60-14-42-100)68-22-80-118(87-29-75-113(61-15-43-101)62-16-44-102)88-30-76-114(63-17-45-103)64-18-46-104;1-5(10,4(8)9)2-3(6)7/h1-104H2;10H,2H2,1H3,(H,6,7)(H,8,9). The summed E-state index contributed by atoms with van der Waals surface area (Å²) in [5.41, 5.74) is 95.2. The van der Waals surface area contributed by atoms with Gasteiger partial charge in [-0.05, 0) is 579 Å². The van der Waals surface area contributed by atoms with Crippen LogP contribution in [0.25, 0.3) is 0 Å². The highest BCUT2D eigenvalue weighted by Gasteiger charge is 2.33. The molecule has 1 unspecified atom stereocenters. The third-order valence-electron chi connectivity index (χ3n) is 24.4. The van der Waals surface area contributed by atoms with Crippen LogP contribution in [0.4, 0.5) is 0 Å². The first-order chi connectivity index (χ1) is 62.3. The lowest BCUT2D eigenvalue weighted by molar-refractivity contribution is -0.163. The number of aliphatic hydroxyl groups is 1. The van der Waals surface area contributed by atoms with Gasteiger partial charge in [0.15, 0.2) is 5.60 Å². The molecular weight excluding hydrogens is 1620 g/mol. The molecule has 0 aromatic carbocycles. The molecule has 0 aromatic rings. The van der Waals surface area contributed by atoms with Gasteiger partial charge in [-0.15, -0.1) is 0 Å². The zero-order chi connectivity index (χ0) is 94.7. The van der Waals surface area contributed by atoms with Crippen molar-refractivity contribution in [3.8, 4) is 0 Å². The van der Waals surface area contributed by atoms with Gasteiger partial charge < -0.3 is 176 Å². The molecule has 1 atom stereocenters. The topological polar surface area (TPSA) is 557 Å². The number of hydrogen-bond acceptors (Lipinski definition) is 33. The molecule has 0 aromatic heterocycles. The Hall–Kier alpha value is -2.30. The first-order valence-corrected chi connectivity index (χ1v) is 51.8. The summed E-state index contributed by atoms with van der Waals surface area (Å²) < 4.78 is 0. The lowest BCUT2D eigenvalue weighted by Crippen LogP contribution is -2.38. The highest BCUT2D eigenvalue weighted by molar-refractivity contribution is 5.83. The molecule has 0 aliphatic carbocycles. The zero-order valence-corrected chi connectivity index (χ0v) is 83.1. The van der Waals surface area contributed by atoms with Crippen LogP contribution in [0.15, 0.2) is 0 Å². The molecule has 0 heterocycles. The van der Waals surface area contributed by atoms with E-state index in [2.05, 4.69) is 68.6 Å². The molecule has 0 saturated heterocycles. The molecule has 0 bridgehead atoms. The van der Waals surface area contributed by atoms with Crippen molar-refractivity contribution in [2.24, 2.45) is 91.7 Å². The van der Waals surface area contributed by atoms with E-state index in [0.29, 0.717) is 0 Å². The fraction of sp³-hybridized carbons (Fsp3) is 0.978. The van der Waals surface area contributed by atoms with Gasteiger partial charge in [-0.2, -0.15) is 0 Å². The Bertz CT molecular complexity index is 1850. The summed E-state index contributed by atoms with van der Waals surface area (Å²) in [5.74, 6) is -2.87. The molecule has 0 radical (unpaired) electrons. The normalized spacial score (nSPS) is 12.8. The van der Waals surface area contributed by atoms with Gasteiger partial charge in [0.05, 0.1) is 6.42 Å². The van der Waals surface area contributed by atoms with Crippen LogP contribution in [-0.4, -0.2) is 481 Å². The van der Waals surface area contributed by atoms with Crippen LogP contribution in [0.5, 0.6) is 0 Å². The molecular formula is C93H216N30O5. The van der Waals surface area contributed by atoms with Crippen molar-refractivity contribution < 1.29 is 24.9 Å². The van der Waals surface area contributed by atoms with Crippen LogP contribution >= 0.6 is 0 Å². The number of nitrogens with zero attached hydrogens (tertiary/aromatic N) is 14. The average molecular weight is 1830 g/mol. The van der Waals surface area contributed by atoms with E-state index in [1.165, 1.54) is 12.8 Å². The van der Waals surface area contributed by atoms with Gasteiger partial charge in [0.2, 0.25) is 0 Å². The van der Waals surface area contributed by atoms with Crippen molar-refractivity contribution in [1.29, 1.82) is 0 Å². The van der Waals surface area contributed by atoms with Crippen LogP contribution in [0.1, 0.15) is 206 Å². The average Bonchev–Trinajstić information content (AvgIpc) is 0.888. The van der Waals surface area contributed by atoms with E-state index in [-0.39, 0.29) is 0 Å². The maximum atomic E-state index is 10.0. The molecule has 0 saturated carbocycles. The number of hydrogen-bond donors (Lipinski definition) is 19. The number of carbonyl (C=O) groups is 2. The summed E-state index contributed by atoms with van der Waals surface area (Å²) in [4.78, 5) is 57.7. The largest absolute Gasteiger partial charge is 0.481 e. The minimum absolute atomic E-state index is 0.718. The van der Waals surface area contributed by atoms with E-state index in [1.807, 2.05) is 0 Å². The maximum absolute atomic E-state index is 10.0. The monoisotopic (exact) mass is 1830 g/mol. The van der Waals surface area contributed by atoms with Crippen LogP contribution in [0.2, 0.25) is 0 Å². The number of nitrogens with two attached hydrogens (primary N) is 16. The van der Waals surface area contributed by atoms with Gasteiger partial charge in [-0.3, -0.25) is 4.79 Å². The molecule has 0 amide bonds. The minimum atomic E-state index is -2.16. The number of carboxylic acids is 2. The molecule has 35 N–H and O–H groups in total. The number of unbranched alkanes of at least 4 members (excludes halogenated alkanes) is 1. The molecule has 0 fully saturated rings. The van der Waals surface area contributed by atoms with Crippen molar-refractivity contribution in [3.05, 3.63) is 0 Å². The number of rotatable bonds is 104. The van der Waals surface area contributed by atoms with Crippen molar-refractivity contribution in [2.45, 2.75) is 212 Å². The first-order valence-electron chi connectivity index (χ1n) is 51.8. The molecule has 35 heteroatoms. The highest BCUT2D eigenvalue weighted by atomic mass is 16.4. The second-order valence-corrected chi connectivity index (χ2v) is 36.2. The molecule has 0 spiro atoms. The second-order valence-electron chi connectivity index (χ2n) is 36.2. The minimum Gasteiger partial charge on any atom is -0.481 e. The van der Waals surface area contributed by atoms with Crippen molar-refractivity contribution >= 4 is 11.9 Å². The Labute approximate surface area is 784 Å². The Morgan fingerprint density at radius 3 is 0.305 bits per heavy atom. The Balaban J connectivity index is 0. The van der Waals surface area contributed by atoms with Gasteiger partial charge in [-0.1, -0.05) is 0 Å². The predicted octanol–water partition coefficient (Wildman–Crippen LogP) is -0.447. The summed E-state index contributed by atoms with van der Waals surface area (Å²) in [6.45, 7) is 57.4. The predicted molar refractivity (Wildman–Crippen MR) is 544 cm³/mol. The first kappa shape index (κ1) is 128. The third-order valence-corrected chi connectivity index (χ3v) is 24.4. The van der Waals surface area contributed by atoms with E-state index < -0.39 is 24.0 Å². The van der Waals surface area contributed by atoms with Gasteiger partial charge >= 0.3 is 11.9 Å². The fourth-order valence-electron chi connectivity index (χ4n) is 17.0. The Kier molecular flexibility index (Phi) is 96.2. The van der Waals surface area contributed by atoms with Gasteiger partial charge in [0.25, 0.3) is 0 Å². The molecule has 0 rings (SSSR count). The quantitative estimate of drug-likeness (QED) is 0.0343. The second kappa shape index (κ2) is 96.4.